The van der Waals surface area contributed by atoms with Crippen molar-refractivity contribution in [3.63, 3.8) is 0 Å². The molecule has 0 fully saturated rings. The minimum Gasteiger partial charge on any atom is -0.507 e. The van der Waals surface area contributed by atoms with Crippen LogP contribution in [0.5, 0.6) is 23.0 Å². The van der Waals surface area contributed by atoms with Crippen molar-refractivity contribution in [1.82, 2.24) is 0 Å². The standard InChI is InChI=1S/C32H21FN2O5/c33-27-25-26(31(39)24-22(37)17-16-21(36)23(24)30(25)38)32(40-20-14-8-3-9-15-20)29(35-19-12-6-2-7-13-19)28(27)34-18-10-4-1-5-11-18/h1-17,34-37H. The van der Waals surface area contributed by atoms with Crippen LogP contribution in [0.3, 0.4) is 0 Å². The summed E-state index contributed by atoms with van der Waals surface area (Å²) in [4.78, 5) is 27.7. The van der Waals surface area contributed by atoms with E-state index in [0.717, 1.165) is 12.1 Å². The van der Waals surface area contributed by atoms with Gasteiger partial charge in [-0.3, -0.25) is 9.59 Å². The van der Waals surface area contributed by atoms with Crippen LogP contribution >= 0.6 is 0 Å². The molecule has 40 heavy (non-hydrogen) atoms. The summed E-state index contributed by atoms with van der Waals surface area (Å²) in [5.74, 6) is -3.73. The smallest absolute Gasteiger partial charge is 0.202 e. The quantitative estimate of drug-likeness (QED) is 0.167. The van der Waals surface area contributed by atoms with Crippen LogP contribution < -0.4 is 15.4 Å². The van der Waals surface area contributed by atoms with Gasteiger partial charge in [-0.2, -0.15) is 0 Å². The van der Waals surface area contributed by atoms with Crippen LogP contribution in [0.4, 0.5) is 27.1 Å². The van der Waals surface area contributed by atoms with E-state index in [2.05, 4.69) is 10.6 Å². The number of halogens is 1. The number of carbonyl (C=O) groups excluding carboxylic acids is 2. The molecule has 1 aliphatic rings. The second kappa shape index (κ2) is 9.92. The highest BCUT2D eigenvalue weighted by Crippen LogP contribution is 2.50. The maximum absolute atomic E-state index is 16.6. The third-order valence-corrected chi connectivity index (χ3v) is 6.51. The fraction of sp³-hybridized carbons (Fsp3) is 0. The van der Waals surface area contributed by atoms with Crippen molar-refractivity contribution < 1.29 is 28.9 Å². The highest BCUT2D eigenvalue weighted by atomic mass is 19.1. The van der Waals surface area contributed by atoms with Crippen LogP contribution in [-0.2, 0) is 0 Å². The number of aromatic hydroxyl groups is 2. The van der Waals surface area contributed by atoms with Crippen molar-refractivity contribution in [3.05, 3.63) is 131 Å². The Morgan fingerprint density at radius 2 is 1.00 bits per heavy atom. The molecular weight excluding hydrogens is 511 g/mol. The number of fused-ring (bicyclic) bond motifs is 2. The second-order valence-electron chi connectivity index (χ2n) is 9.05. The topological polar surface area (TPSA) is 108 Å². The van der Waals surface area contributed by atoms with Gasteiger partial charge in [-0.25, -0.2) is 4.39 Å². The Kier molecular flexibility index (Phi) is 6.12. The van der Waals surface area contributed by atoms with Gasteiger partial charge in [0.25, 0.3) is 0 Å². The van der Waals surface area contributed by atoms with Gasteiger partial charge >= 0.3 is 0 Å². The number of rotatable bonds is 6. The van der Waals surface area contributed by atoms with Crippen molar-refractivity contribution in [1.29, 1.82) is 0 Å². The summed E-state index contributed by atoms with van der Waals surface area (Å²) in [6.45, 7) is 0. The lowest BCUT2D eigenvalue weighted by atomic mass is 9.81. The number of phenolic OH excluding ortho intramolecular Hbond substituents is 2. The van der Waals surface area contributed by atoms with E-state index in [1.165, 1.54) is 0 Å². The number of hydrogen-bond donors (Lipinski definition) is 4. The maximum atomic E-state index is 16.6. The fourth-order valence-corrected chi connectivity index (χ4v) is 4.69. The average molecular weight is 533 g/mol. The molecule has 4 N–H and O–H groups in total. The predicted octanol–water partition coefficient (Wildman–Crippen LogP) is 7.29. The van der Waals surface area contributed by atoms with Gasteiger partial charge in [0.1, 0.15) is 28.6 Å². The Balaban J connectivity index is 1.69. The Morgan fingerprint density at radius 3 is 1.52 bits per heavy atom. The van der Waals surface area contributed by atoms with Crippen molar-refractivity contribution >= 4 is 34.3 Å². The van der Waals surface area contributed by atoms with Crippen LogP contribution in [0, 0.1) is 5.82 Å². The van der Waals surface area contributed by atoms with E-state index in [4.69, 9.17) is 4.74 Å². The Bertz CT molecular complexity index is 1780. The number of nitrogens with one attached hydrogen (secondary N) is 2. The summed E-state index contributed by atoms with van der Waals surface area (Å²) in [7, 11) is 0. The molecule has 196 valence electrons. The SMILES string of the molecule is O=C1c2c(O)ccc(O)c2C(=O)c2c(Oc3ccccc3)c(Nc3ccccc3)c(Nc3ccccc3)c(F)c21. The fourth-order valence-electron chi connectivity index (χ4n) is 4.69. The molecule has 7 nitrogen and oxygen atoms in total. The number of anilines is 4. The number of ether oxygens (including phenoxy) is 1. The number of phenols is 2. The normalized spacial score (nSPS) is 11.9. The number of para-hydroxylation sites is 3. The summed E-state index contributed by atoms with van der Waals surface area (Å²) >= 11 is 0. The first-order valence-electron chi connectivity index (χ1n) is 12.3. The van der Waals surface area contributed by atoms with E-state index in [1.54, 1.807) is 84.9 Å². The highest BCUT2D eigenvalue weighted by molar-refractivity contribution is 6.32. The molecule has 0 spiro atoms. The first kappa shape index (κ1) is 24.7. The minimum atomic E-state index is -1.02. The van der Waals surface area contributed by atoms with Gasteiger partial charge in [-0.05, 0) is 48.5 Å². The van der Waals surface area contributed by atoms with E-state index < -0.39 is 45.6 Å². The van der Waals surface area contributed by atoms with E-state index in [9.17, 15) is 19.8 Å². The van der Waals surface area contributed by atoms with E-state index in [-0.39, 0.29) is 22.7 Å². The van der Waals surface area contributed by atoms with Gasteiger partial charge in [0.2, 0.25) is 11.6 Å². The van der Waals surface area contributed by atoms with Crippen molar-refractivity contribution in [3.8, 4) is 23.0 Å². The molecule has 0 radical (unpaired) electrons. The van der Waals surface area contributed by atoms with Gasteiger partial charge in [-0.1, -0.05) is 54.6 Å². The molecule has 0 aliphatic heterocycles. The molecule has 1 aliphatic carbocycles. The summed E-state index contributed by atoms with van der Waals surface area (Å²) < 4.78 is 22.8. The lowest BCUT2D eigenvalue weighted by Gasteiger charge is -2.27. The number of ketones is 2. The molecule has 0 bridgehead atoms. The Labute approximate surface area is 228 Å². The van der Waals surface area contributed by atoms with Gasteiger partial charge in [-0.15, -0.1) is 0 Å². The third kappa shape index (κ3) is 4.17. The largest absolute Gasteiger partial charge is 0.507 e. The summed E-state index contributed by atoms with van der Waals surface area (Å²) in [6.07, 6.45) is 0. The van der Waals surface area contributed by atoms with Gasteiger partial charge in [0.15, 0.2) is 11.6 Å². The number of carbonyl (C=O) groups is 2. The molecule has 5 aromatic carbocycles. The van der Waals surface area contributed by atoms with E-state index in [1.807, 2.05) is 6.07 Å². The van der Waals surface area contributed by atoms with Crippen LogP contribution in [0.25, 0.3) is 0 Å². The molecule has 0 saturated carbocycles. The molecule has 0 saturated heterocycles. The molecular formula is C32H21FN2O5. The molecule has 6 rings (SSSR count). The molecule has 0 unspecified atom stereocenters. The highest BCUT2D eigenvalue weighted by Gasteiger charge is 2.42. The predicted molar refractivity (Wildman–Crippen MR) is 149 cm³/mol. The maximum Gasteiger partial charge on any atom is 0.202 e. The zero-order valence-corrected chi connectivity index (χ0v) is 20.8. The molecule has 8 heteroatoms. The van der Waals surface area contributed by atoms with Gasteiger partial charge in [0, 0.05) is 11.4 Å². The van der Waals surface area contributed by atoms with Crippen LogP contribution in [0.1, 0.15) is 31.8 Å². The second-order valence-corrected chi connectivity index (χ2v) is 9.05. The van der Waals surface area contributed by atoms with Gasteiger partial charge in [0.05, 0.1) is 22.3 Å². The summed E-state index contributed by atoms with van der Waals surface area (Å²) in [5.41, 5.74) is -0.882. The van der Waals surface area contributed by atoms with Crippen LogP contribution in [0.15, 0.2) is 103 Å². The molecule has 0 atom stereocenters. The summed E-state index contributed by atoms with van der Waals surface area (Å²) in [5, 5.41) is 27.2. The molecule has 0 amide bonds. The third-order valence-electron chi connectivity index (χ3n) is 6.51. The summed E-state index contributed by atoms with van der Waals surface area (Å²) in [6, 6.07) is 28.4. The first-order chi connectivity index (χ1) is 19.4. The first-order valence-corrected chi connectivity index (χ1v) is 12.3. The average Bonchev–Trinajstić information content (AvgIpc) is 2.97. The number of benzene rings is 5. The van der Waals surface area contributed by atoms with Crippen LogP contribution in [-0.4, -0.2) is 21.8 Å². The molecule has 5 aromatic rings. The minimum absolute atomic E-state index is 0.0550. The lowest BCUT2D eigenvalue weighted by Crippen LogP contribution is -2.25. The Hall–Kier alpha value is -5.63. The molecule has 0 aromatic heterocycles. The van der Waals surface area contributed by atoms with Gasteiger partial charge < -0.3 is 25.6 Å². The van der Waals surface area contributed by atoms with Crippen molar-refractivity contribution in [2.24, 2.45) is 0 Å². The van der Waals surface area contributed by atoms with Crippen molar-refractivity contribution in [2.45, 2.75) is 0 Å². The monoisotopic (exact) mass is 532 g/mol. The van der Waals surface area contributed by atoms with E-state index in [0.29, 0.717) is 17.1 Å². The van der Waals surface area contributed by atoms with Crippen molar-refractivity contribution in [2.75, 3.05) is 10.6 Å². The number of hydrogen-bond acceptors (Lipinski definition) is 7. The molecule has 0 heterocycles. The zero-order chi connectivity index (χ0) is 27.8. The van der Waals surface area contributed by atoms with Crippen LogP contribution in [0.2, 0.25) is 0 Å². The zero-order valence-electron chi connectivity index (χ0n) is 20.8. The van der Waals surface area contributed by atoms with E-state index >= 15 is 4.39 Å². The Morgan fingerprint density at radius 1 is 0.550 bits per heavy atom. The lowest BCUT2D eigenvalue weighted by molar-refractivity contribution is 0.0969.